The summed E-state index contributed by atoms with van der Waals surface area (Å²) in [4.78, 5) is 0. The minimum absolute atomic E-state index is 0.526. The summed E-state index contributed by atoms with van der Waals surface area (Å²) >= 11 is 0. The van der Waals surface area contributed by atoms with Gasteiger partial charge in [-0.25, -0.2) is 4.21 Å². The largest absolute Gasteiger partial charge is 0.323 e. The molecular weight excluding hydrogens is 196 g/mol. The molecule has 0 bridgehead atoms. The molecular formula is C10H8N2OS. The molecule has 2 aromatic rings. The van der Waals surface area contributed by atoms with E-state index < -0.39 is 11.0 Å². The predicted octanol–water partition coefficient (Wildman–Crippen LogP) is 0.0167. The first-order valence-corrected chi connectivity index (χ1v) is 5.65. The number of fused-ring (bicyclic) bond motifs is 3. The van der Waals surface area contributed by atoms with Crippen LogP contribution in [0.3, 0.4) is 0 Å². The van der Waals surface area contributed by atoms with E-state index in [0.29, 0.717) is 5.75 Å². The van der Waals surface area contributed by atoms with Crippen LogP contribution in [-0.2, 0) is 11.0 Å². The standard InChI is InChI=1S/C10H8N2OS/c13-14-7-4-8-9(11-14)3-6-12-5-1-2-10(8)12/h1-6H,7H2. The van der Waals surface area contributed by atoms with Crippen LogP contribution in [-0.4, -0.2) is 14.4 Å². The van der Waals surface area contributed by atoms with Crippen molar-refractivity contribution in [2.75, 3.05) is 5.75 Å². The maximum atomic E-state index is 11.2. The van der Waals surface area contributed by atoms with Crippen LogP contribution < -0.4 is 10.6 Å². The quantitative estimate of drug-likeness (QED) is 0.595. The lowest BCUT2D eigenvalue weighted by Crippen LogP contribution is -2.31. The summed E-state index contributed by atoms with van der Waals surface area (Å²) in [6, 6.07) is 5.93. The van der Waals surface area contributed by atoms with E-state index >= 15 is 0 Å². The summed E-state index contributed by atoms with van der Waals surface area (Å²) in [6.45, 7) is 0. The summed E-state index contributed by atoms with van der Waals surface area (Å²) in [7, 11) is -1.07. The van der Waals surface area contributed by atoms with E-state index in [1.807, 2.05) is 41.1 Å². The Morgan fingerprint density at radius 3 is 3.21 bits per heavy atom. The fraction of sp³-hybridized carbons (Fsp3) is 0.100. The predicted molar refractivity (Wildman–Crippen MR) is 55.7 cm³/mol. The van der Waals surface area contributed by atoms with Crippen LogP contribution in [0, 0.1) is 0 Å². The maximum absolute atomic E-state index is 11.2. The van der Waals surface area contributed by atoms with Crippen LogP contribution in [0.15, 0.2) is 35.0 Å². The van der Waals surface area contributed by atoms with Gasteiger partial charge in [0.05, 0.1) is 16.6 Å². The van der Waals surface area contributed by atoms with E-state index in [9.17, 15) is 4.21 Å². The van der Waals surface area contributed by atoms with Crippen molar-refractivity contribution in [3.8, 4) is 0 Å². The van der Waals surface area contributed by atoms with Gasteiger partial charge < -0.3 is 4.40 Å². The molecule has 1 aliphatic heterocycles. The molecule has 0 amide bonds. The number of pyridine rings is 1. The summed E-state index contributed by atoms with van der Waals surface area (Å²) in [5.74, 6) is 0.526. The maximum Gasteiger partial charge on any atom is 0.143 e. The second-order valence-corrected chi connectivity index (χ2v) is 4.36. The molecule has 4 heteroatoms. The molecule has 0 fully saturated rings. The van der Waals surface area contributed by atoms with Gasteiger partial charge in [-0.15, -0.1) is 0 Å². The molecule has 2 aromatic heterocycles. The SMILES string of the molecule is O=S1CC=c2c(ccn3cccc23)=N1. The molecule has 0 saturated carbocycles. The Labute approximate surface area is 83.0 Å². The highest BCUT2D eigenvalue weighted by atomic mass is 32.2. The Bertz CT molecular complexity index is 642. The molecule has 1 aliphatic rings. The van der Waals surface area contributed by atoms with Crippen LogP contribution in [0.2, 0.25) is 0 Å². The van der Waals surface area contributed by atoms with Gasteiger partial charge in [-0.2, -0.15) is 4.40 Å². The summed E-state index contributed by atoms with van der Waals surface area (Å²) in [5, 5.41) is 1.93. The van der Waals surface area contributed by atoms with Gasteiger partial charge in [-0.1, -0.05) is 6.08 Å². The number of nitrogens with zero attached hydrogens (tertiary/aromatic N) is 2. The van der Waals surface area contributed by atoms with E-state index in [1.165, 1.54) is 0 Å². The molecule has 0 aromatic carbocycles. The van der Waals surface area contributed by atoms with Gasteiger partial charge in [0.25, 0.3) is 0 Å². The lowest BCUT2D eigenvalue weighted by atomic mass is 10.3. The number of rotatable bonds is 0. The summed E-state index contributed by atoms with van der Waals surface area (Å²) in [6.07, 6.45) is 5.93. The van der Waals surface area contributed by atoms with Crippen molar-refractivity contribution in [2.24, 2.45) is 4.40 Å². The minimum atomic E-state index is -1.07. The lowest BCUT2D eigenvalue weighted by Gasteiger charge is -2.01. The van der Waals surface area contributed by atoms with Gasteiger partial charge in [0.1, 0.15) is 11.0 Å². The van der Waals surface area contributed by atoms with E-state index in [2.05, 4.69) is 4.40 Å². The summed E-state index contributed by atoms with van der Waals surface area (Å²) < 4.78 is 17.4. The van der Waals surface area contributed by atoms with Crippen LogP contribution in [0.25, 0.3) is 11.6 Å². The molecule has 0 N–H and O–H groups in total. The zero-order valence-electron chi connectivity index (χ0n) is 7.38. The van der Waals surface area contributed by atoms with Crippen LogP contribution >= 0.6 is 0 Å². The van der Waals surface area contributed by atoms with Crippen molar-refractivity contribution in [3.63, 3.8) is 0 Å². The zero-order chi connectivity index (χ0) is 9.54. The molecule has 70 valence electrons. The van der Waals surface area contributed by atoms with Gasteiger partial charge in [0.15, 0.2) is 0 Å². The normalized spacial score (nSPS) is 19.9. The Kier molecular flexibility index (Phi) is 1.58. The Morgan fingerprint density at radius 2 is 2.29 bits per heavy atom. The van der Waals surface area contributed by atoms with Crippen molar-refractivity contribution in [1.82, 2.24) is 4.40 Å². The zero-order valence-corrected chi connectivity index (χ0v) is 8.20. The molecule has 0 radical (unpaired) electrons. The van der Waals surface area contributed by atoms with E-state index in [1.54, 1.807) is 0 Å². The van der Waals surface area contributed by atoms with Gasteiger partial charge in [-0.3, -0.25) is 0 Å². The average Bonchev–Trinajstić information content (AvgIpc) is 2.65. The molecule has 1 unspecified atom stereocenters. The van der Waals surface area contributed by atoms with Crippen LogP contribution in [0.5, 0.6) is 0 Å². The van der Waals surface area contributed by atoms with Gasteiger partial charge >= 0.3 is 0 Å². The van der Waals surface area contributed by atoms with Crippen molar-refractivity contribution < 1.29 is 4.21 Å². The average molecular weight is 204 g/mol. The van der Waals surface area contributed by atoms with E-state index in [0.717, 1.165) is 16.1 Å². The highest BCUT2D eigenvalue weighted by Crippen LogP contribution is 1.97. The van der Waals surface area contributed by atoms with Crippen molar-refractivity contribution in [3.05, 3.63) is 41.2 Å². The number of aromatic nitrogens is 1. The van der Waals surface area contributed by atoms with E-state index in [4.69, 9.17) is 0 Å². The first kappa shape index (κ1) is 7.94. The first-order chi connectivity index (χ1) is 6.84. The highest BCUT2D eigenvalue weighted by Gasteiger charge is 2.03. The van der Waals surface area contributed by atoms with Crippen LogP contribution in [0.4, 0.5) is 0 Å². The van der Waals surface area contributed by atoms with Crippen molar-refractivity contribution >= 4 is 22.6 Å². The molecule has 0 aliphatic carbocycles. The third kappa shape index (κ3) is 1.04. The third-order valence-corrected chi connectivity index (χ3v) is 3.21. The molecule has 0 spiro atoms. The molecule has 0 saturated heterocycles. The van der Waals surface area contributed by atoms with Gasteiger partial charge in [0.2, 0.25) is 0 Å². The topological polar surface area (TPSA) is 33.8 Å². The fourth-order valence-electron chi connectivity index (χ4n) is 1.71. The molecule has 3 heterocycles. The Morgan fingerprint density at radius 1 is 1.36 bits per heavy atom. The monoisotopic (exact) mass is 204 g/mol. The molecule has 3 rings (SSSR count). The first-order valence-electron chi connectivity index (χ1n) is 4.38. The van der Waals surface area contributed by atoms with Crippen molar-refractivity contribution in [1.29, 1.82) is 0 Å². The smallest absolute Gasteiger partial charge is 0.143 e. The summed E-state index contributed by atoms with van der Waals surface area (Å²) in [5.41, 5.74) is 1.13. The number of hydrogen-bond donors (Lipinski definition) is 0. The minimum Gasteiger partial charge on any atom is -0.323 e. The fourth-order valence-corrected chi connectivity index (χ4v) is 2.48. The molecule has 3 nitrogen and oxygen atoms in total. The second-order valence-electron chi connectivity index (χ2n) is 3.20. The second kappa shape index (κ2) is 2.78. The Hall–Kier alpha value is -1.42. The molecule has 14 heavy (non-hydrogen) atoms. The number of hydrogen-bond acceptors (Lipinski definition) is 1. The third-order valence-electron chi connectivity index (χ3n) is 2.35. The molecule has 1 atom stereocenters. The lowest BCUT2D eigenvalue weighted by molar-refractivity contribution is 0.685. The Balaban J connectivity index is 2.59. The van der Waals surface area contributed by atoms with Gasteiger partial charge in [-0.05, 0) is 18.2 Å². The van der Waals surface area contributed by atoms with Gasteiger partial charge in [0, 0.05) is 17.6 Å². The van der Waals surface area contributed by atoms with Crippen molar-refractivity contribution in [2.45, 2.75) is 0 Å². The van der Waals surface area contributed by atoms with Crippen LogP contribution in [0.1, 0.15) is 0 Å². The van der Waals surface area contributed by atoms with E-state index in [-0.39, 0.29) is 0 Å². The highest BCUT2D eigenvalue weighted by molar-refractivity contribution is 7.83.